The molecule has 0 heterocycles. The number of hydrogen-bond acceptors (Lipinski definition) is 2. The molecule has 0 fully saturated rings. The van der Waals surface area contributed by atoms with E-state index in [9.17, 15) is 4.39 Å². The molecule has 0 saturated heterocycles. The van der Waals surface area contributed by atoms with E-state index in [4.69, 9.17) is 16.3 Å². The minimum absolute atomic E-state index is 0.0105. The van der Waals surface area contributed by atoms with Crippen LogP contribution in [0.1, 0.15) is 31.9 Å². The van der Waals surface area contributed by atoms with E-state index in [0.717, 1.165) is 16.9 Å². The maximum atomic E-state index is 12.9. The van der Waals surface area contributed by atoms with Crippen molar-refractivity contribution >= 4 is 11.6 Å². The molecule has 22 heavy (non-hydrogen) atoms. The van der Waals surface area contributed by atoms with Gasteiger partial charge in [0.2, 0.25) is 0 Å². The van der Waals surface area contributed by atoms with Crippen molar-refractivity contribution in [1.82, 2.24) is 5.32 Å². The van der Waals surface area contributed by atoms with Gasteiger partial charge < -0.3 is 10.1 Å². The van der Waals surface area contributed by atoms with Crippen LogP contribution in [0.3, 0.4) is 0 Å². The Labute approximate surface area is 136 Å². The van der Waals surface area contributed by atoms with Gasteiger partial charge in [0.25, 0.3) is 0 Å². The highest BCUT2D eigenvalue weighted by Crippen LogP contribution is 2.24. The average molecular weight is 322 g/mol. The molecular weight excluding hydrogens is 301 g/mol. The molecule has 0 aliphatic rings. The number of halogens is 2. The van der Waals surface area contributed by atoms with E-state index < -0.39 is 0 Å². The van der Waals surface area contributed by atoms with Crippen LogP contribution in [-0.4, -0.2) is 5.54 Å². The monoisotopic (exact) mass is 321 g/mol. The Balaban J connectivity index is 2.07. The third-order valence-corrected chi connectivity index (χ3v) is 3.37. The molecule has 0 unspecified atom stereocenters. The Kier molecular flexibility index (Phi) is 5.43. The van der Waals surface area contributed by atoms with Crippen LogP contribution in [0.15, 0.2) is 42.5 Å². The van der Waals surface area contributed by atoms with Crippen LogP contribution in [0.25, 0.3) is 0 Å². The first kappa shape index (κ1) is 16.8. The first-order valence-electron chi connectivity index (χ1n) is 7.24. The third kappa shape index (κ3) is 5.32. The Morgan fingerprint density at radius 2 is 1.77 bits per heavy atom. The first-order chi connectivity index (χ1) is 10.3. The van der Waals surface area contributed by atoms with Gasteiger partial charge in [-0.25, -0.2) is 4.39 Å². The Hall–Kier alpha value is -1.58. The average Bonchev–Trinajstić information content (AvgIpc) is 2.45. The van der Waals surface area contributed by atoms with Gasteiger partial charge in [0.1, 0.15) is 18.2 Å². The van der Waals surface area contributed by atoms with Crippen molar-refractivity contribution in [2.24, 2.45) is 0 Å². The van der Waals surface area contributed by atoms with E-state index in [1.54, 1.807) is 12.1 Å². The molecule has 0 bridgehead atoms. The summed E-state index contributed by atoms with van der Waals surface area (Å²) in [7, 11) is 0. The molecule has 0 amide bonds. The molecule has 0 aliphatic heterocycles. The largest absolute Gasteiger partial charge is 0.489 e. The molecule has 2 nitrogen and oxygen atoms in total. The van der Waals surface area contributed by atoms with E-state index in [2.05, 4.69) is 26.1 Å². The highest BCUT2D eigenvalue weighted by Gasteiger charge is 2.11. The molecule has 0 aliphatic carbocycles. The summed E-state index contributed by atoms with van der Waals surface area (Å²) >= 11 is 6.08. The van der Waals surface area contributed by atoms with Crippen LogP contribution in [0, 0.1) is 5.82 Å². The molecular formula is C18H21ClFNO. The Morgan fingerprint density at radius 3 is 2.41 bits per heavy atom. The summed E-state index contributed by atoms with van der Waals surface area (Å²) in [5.74, 6) is 0.538. The topological polar surface area (TPSA) is 21.3 Å². The molecule has 2 aromatic rings. The molecule has 4 heteroatoms. The van der Waals surface area contributed by atoms with Crippen LogP contribution in [0.5, 0.6) is 5.75 Å². The maximum Gasteiger partial charge on any atom is 0.124 e. The predicted octanol–water partition coefficient (Wildman–Crippen LogP) is 4.95. The van der Waals surface area contributed by atoms with Gasteiger partial charge >= 0.3 is 0 Å². The molecule has 2 aromatic carbocycles. The zero-order valence-corrected chi connectivity index (χ0v) is 13.9. The van der Waals surface area contributed by atoms with Crippen LogP contribution >= 0.6 is 11.6 Å². The van der Waals surface area contributed by atoms with Gasteiger partial charge in [-0.1, -0.05) is 23.7 Å². The van der Waals surface area contributed by atoms with Crippen molar-refractivity contribution in [3.63, 3.8) is 0 Å². The van der Waals surface area contributed by atoms with Crippen molar-refractivity contribution in [3.8, 4) is 5.75 Å². The fourth-order valence-electron chi connectivity index (χ4n) is 1.93. The predicted molar refractivity (Wildman–Crippen MR) is 88.8 cm³/mol. The highest BCUT2D eigenvalue weighted by molar-refractivity contribution is 6.30. The van der Waals surface area contributed by atoms with E-state index in [-0.39, 0.29) is 11.4 Å². The first-order valence-corrected chi connectivity index (χ1v) is 7.62. The Morgan fingerprint density at radius 1 is 1.09 bits per heavy atom. The van der Waals surface area contributed by atoms with E-state index in [1.165, 1.54) is 12.1 Å². The minimum atomic E-state index is -0.245. The summed E-state index contributed by atoms with van der Waals surface area (Å²) < 4.78 is 18.8. The van der Waals surface area contributed by atoms with Gasteiger partial charge in [-0.05, 0) is 56.7 Å². The molecule has 2 rings (SSSR count). The summed E-state index contributed by atoms with van der Waals surface area (Å²) in [4.78, 5) is 0. The number of ether oxygens (including phenoxy) is 1. The second-order valence-electron chi connectivity index (χ2n) is 6.27. The second kappa shape index (κ2) is 7.12. The molecule has 0 spiro atoms. The number of nitrogens with one attached hydrogen (secondary N) is 1. The number of hydrogen-bond donors (Lipinski definition) is 1. The Bertz CT molecular complexity index is 620. The van der Waals surface area contributed by atoms with E-state index in [1.807, 2.05) is 18.2 Å². The third-order valence-electron chi connectivity index (χ3n) is 3.14. The molecule has 0 radical (unpaired) electrons. The van der Waals surface area contributed by atoms with Crippen molar-refractivity contribution in [1.29, 1.82) is 0 Å². The normalized spacial score (nSPS) is 11.5. The summed E-state index contributed by atoms with van der Waals surface area (Å²) in [6, 6.07) is 11.9. The lowest BCUT2D eigenvalue weighted by Crippen LogP contribution is -2.35. The number of rotatable bonds is 5. The van der Waals surface area contributed by atoms with Crippen LogP contribution < -0.4 is 10.1 Å². The SMILES string of the molecule is CC(C)(C)NCc1cc(Cl)ccc1OCc1ccc(F)cc1. The van der Waals surface area contributed by atoms with Crippen LogP contribution in [0.4, 0.5) is 4.39 Å². The molecule has 0 saturated carbocycles. The fourth-order valence-corrected chi connectivity index (χ4v) is 2.12. The van der Waals surface area contributed by atoms with Gasteiger partial charge in [0.05, 0.1) is 0 Å². The zero-order chi connectivity index (χ0) is 16.2. The molecule has 118 valence electrons. The lowest BCUT2D eigenvalue weighted by molar-refractivity contribution is 0.300. The molecule has 0 aromatic heterocycles. The van der Waals surface area contributed by atoms with Crippen molar-refractivity contribution in [2.75, 3.05) is 0 Å². The number of benzene rings is 2. The molecule has 1 N–H and O–H groups in total. The summed E-state index contributed by atoms with van der Waals surface area (Å²) in [5.41, 5.74) is 1.94. The summed E-state index contributed by atoms with van der Waals surface area (Å²) in [6.45, 7) is 7.39. The maximum absolute atomic E-state index is 12.9. The van der Waals surface area contributed by atoms with Gasteiger partial charge in [-0.3, -0.25) is 0 Å². The van der Waals surface area contributed by atoms with Crippen LogP contribution in [-0.2, 0) is 13.2 Å². The van der Waals surface area contributed by atoms with Gasteiger partial charge in [-0.15, -0.1) is 0 Å². The fraction of sp³-hybridized carbons (Fsp3) is 0.333. The molecule has 0 atom stereocenters. The smallest absolute Gasteiger partial charge is 0.124 e. The highest BCUT2D eigenvalue weighted by atomic mass is 35.5. The standard InChI is InChI=1S/C18H21ClFNO/c1-18(2,3)21-11-14-10-15(19)6-9-17(14)22-12-13-4-7-16(20)8-5-13/h4-10,21H,11-12H2,1-3H3. The lowest BCUT2D eigenvalue weighted by Gasteiger charge is -2.22. The lowest BCUT2D eigenvalue weighted by atomic mass is 10.1. The van der Waals surface area contributed by atoms with Crippen LogP contribution in [0.2, 0.25) is 5.02 Å². The van der Waals surface area contributed by atoms with Gasteiger partial charge in [-0.2, -0.15) is 0 Å². The van der Waals surface area contributed by atoms with Crippen molar-refractivity contribution in [3.05, 3.63) is 64.4 Å². The zero-order valence-electron chi connectivity index (χ0n) is 13.1. The van der Waals surface area contributed by atoms with E-state index in [0.29, 0.717) is 18.2 Å². The second-order valence-corrected chi connectivity index (χ2v) is 6.71. The van der Waals surface area contributed by atoms with Gasteiger partial charge in [0, 0.05) is 22.7 Å². The quantitative estimate of drug-likeness (QED) is 0.841. The van der Waals surface area contributed by atoms with Crippen molar-refractivity contribution in [2.45, 2.75) is 39.5 Å². The van der Waals surface area contributed by atoms with Gasteiger partial charge in [0.15, 0.2) is 0 Å². The summed E-state index contributed by atoms with van der Waals surface area (Å²) in [6.07, 6.45) is 0. The summed E-state index contributed by atoms with van der Waals surface area (Å²) in [5, 5.41) is 4.10. The van der Waals surface area contributed by atoms with E-state index >= 15 is 0 Å². The minimum Gasteiger partial charge on any atom is -0.489 e. The van der Waals surface area contributed by atoms with Crippen molar-refractivity contribution < 1.29 is 9.13 Å².